The summed E-state index contributed by atoms with van der Waals surface area (Å²) in [6, 6.07) is 7.27. The molecule has 2 bridgehead atoms. The first-order chi connectivity index (χ1) is 8.22. The van der Waals surface area contributed by atoms with Gasteiger partial charge < -0.3 is 15.2 Å². The van der Waals surface area contributed by atoms with Crippen LogP contribution < -0.4 is 5.32 Å². The Balaban J connectivity index is 1.73. The molecule has 17 heavy (non-hydrogen) atoms. The summed E-state index contributed by atoms with van der Waals surface area (Å²) < 4.78 is 5.76. The van der Waals surface area contributed by atoms with E-state index in [9.17, 15) is 4.79 Å². The van der Waals surface area contributed by atoms with Gasteiger partial charge in [-0.2, -0.15) is 0 Å². The molecule has 1 aromatic carbocycles. The Labute approximate surface area is 99.6 Å². The van der Waals surface area contributed by atoms with Crippen LogP contribution in [0.3, 0.4) is 0 Å². The van der Waals surface area contributed by atoms with Crippen LogP contribution in [-0.4, -0.2) is 29.3 Å². The molecule has 0 aromatic heterocycles. The van der Waals surface area contributed by atoms with E-state index in [1.54, 1.807) is 18.2 Å². The fourth-order valence-electron chi connectivity index (χ4n) is 2.75. The second kappa shape index (κ2) is 4.04. The Bertz CT molecular complexity index is 446. The number of fused-ring (bicyclic) bond motifs is 2. The van der Waals surface area contributed by atoms with Crippen LogP contribution in [-0.2, 0) is 4.74 Å². The Hall–Kier alpha value is -1.55. The van der Waals surface area contributed by atoms with Gasteiger partial charge in [-0.05, 0) is 37.5 Å². The van der Waals surface area contributed by atoms with Crippen LogP contribution in [0.15, 0.2) is 24.3 Å². The summed E-state index contributed by atoms with van der Waals surface area (Å²) in [5.41, 5.74) is 1.19. The lowest BCUT2D eigenvalue weighted by molar-refractivity contribution is 0.0697. The zero-order valence-electron chi connectivity index (χ0n) is 9.43. The van der Waals surface area contributed by atoms with Gasteiger partial charge >= 0.3 is 5.97 Å². The predicted molar refractivity (Wildman–Crippen MR) is 63.3 cm³/mol. The van der Waals surface area contributed by atoms with Gasteiger partial charge in [0.25, 0.3) is 0 Å². The molecule has 90 valence electrons. The van der Waals surface area contributed by atoms with Crippen LogP contribution in [0.25, 0.3) is 0 Å². The van der Waals surface area contributed by atoms with Crippen molar-refractivity contribution >= 4 is 11.7 Å². The highest BCUT2D eigenvalue weighted by atomic mass is 16.5. The van der Waals surface area contributed by atoms with Gasteiger partial charge in [0.1, 0.15) is 0 Å². The van der Waals surface area contributed by atoms with E-state index in [-0.39, 0.29) is 0 Å². The van der Waals surface area contributed by atoms with Crippen molar-refractivity contribution in [3.05, 3.63) is 29.8 Å². The molecule has 3 rings (SSSR count). The van der Waals surface area contributed by atoms with Crippen LogP contribution in [0.2, 0.25) is 0 Å². The van der Waals surface area contributed by atoms with E-state index in [4.69, 9.17) is 9.84 Å². The summed E-state index contributed by atoms with van der Waals surface area (Å²) in [5, 5.41) is 12.3. The van der Waals surface area contributed by atoms with Crippen LogP contribution in [0.4, 0.5) is 5.69 Å². The number of carboxylic acid groups (broad SMARTS) is 1. The summed E-state index contributed by atoms with van der Waals surface area (Å²) in [5.74, 6) is -0.891. The van der Waals surface area contributed by atoms with Gasteiger partial charge in [-0.1, -0.05) is 6.07 Å². The average Bonchev–Trinajstić information content (AvgIpc) is 2.91. The molecule has 0 radical (unpaired) electrons. The Kier molecular flexibility index (Phi) is 2.52. The third kappa shape index (κ3) is 2.00. The van der Waals surface area contributed by atoms with Gasteiger partial charge in [0.15, 0.2) is 0 Å². The van der Waals surface area contributed by atoms with Crippen LogP contribution >= 0.6 is 0 Å². The van der Waals surface area contributed by atoms with E-state index >= 15 is 0 Å². The fourth-order valence-corrected chi connectivity index (χ4v) is 2.75. The molecular weight excluding hydrogens is 218 g/mol. The van der Waals surface area contributed by atoms with Crippen LogP contribution in [0.5, 0.6) is 0 Å². The van der Waals surface area contributed by atoms with Crippen molar-refractivity contribution in [1.29, 1.82) is 0 Å². The summed E-state index contributed by atoms with van der Waals surface area (Å²) in [6.45, 7) is 0. The molecule has 1 aromatic rings. The quantitative estimate of drug-likeness (QED) is 0.839. The summed E-state index contributed by atoms with van der Waals surface area (Å²) >= 11 is 0. The van der Waals surface area contributed by atoms with Crippen molar-refractivity contribution in [3.8, 4) is 0 Å². The lowest BCUT2D eigenvalue weighted by atomic mass is 9.95. The molecule has 0 spiro atoms. The van der Waals surface area contributed by atoms with E-state index in [1.807, 2.05) is 6.07 Å². The monoisotopic (exact) mass is 233 g/mol. The maximum Gasteiger partial charge on any atom is 0.335 e. The molecule has 0 amide bonds. The van der Waals surface area contributed by atoms with Crippen LogP contribution in [0, 0.1) is 0 Å². The van der Waals surface area contributed by atoms with E-state index < -0.39 is 5.97 Å². The lowest BCUT2D eigenvalue weighted by Crippen LogP contribution is -2.30. The zero-order chi connectivity index (χ0) is 11.8. The number of aromatic carboxylic acids is 1. The largest absolute Gasteiger partial charge is 0.478 e. The molecule has 2 saturated heterocycles. The molecule has 2 N–H and O–H groups in total. The average molecular weight is 233 g/mol. The normalized spacial score (nSPS) is 30.5. The van der Waals surface area contributed by atoms with Gasteiger partial charge in [-0.25, -0.2) is 4.79 Å². The SMILES string of the molecule is O=C(O)c1cccc(N[C@@H]2C[C@@H]3CC[C@H]2O3)c1. The molecule has 0 aliphatic carbocycles. The van der Waals surface area contributed by atoms with Crippen molar-refractivity contribution in [2.45, 2.75) is 37.5 Å². The van der Waals surface area contributed by atoms with Crippen molar-refractivity contribution in [2.75, 3.05) is 5.32 Å². The minimum Gasteiger partial charge on any atom is -0.478 e. The summed E-state index contributed by atoms with van der Waals surface area (Å²) in [4.78, 5) is 10.9. The van der Waals surface area contributed by atoms with Gasteiger partial charge in [0.05, 0.1) is 23.8 Å². The molecule has 2 aliphatic rings. The number of benzene rings is 1. The van der Waals surface area contributed by atoms with Crippen molar-refractivity contribution in [3.63, 3.8) is 0 Å². The second-order valence-corrected chi connectivity index (χ2v) is 4.75. The van der Waals surface area contributed by atoms with E-state index in [1.165, 1.54) is 0 Å². The third-order valence-corrected chi connectivity index (χ3v) is 3.57. The Morgan fingerprint density at radius 1 is 1.41 bits per heavy atom. The Morgan fingerprint density at radius 3 is 2.94 bits per heavy atom. The topological polar surface area (TPSA) is 58.6 Å². The number of hydrogen-bond donors (Lipinski definition) is 2. The molecule has 4 nitrogen and oxygen atoms in total. The molecule has 3 atom stereocenters. The number of ether oxygens (including phenoxy) is 1. The van der Waals surface area contributed by atoms with Gasteiger partial charge in [-0.3, -0.25) is 0 Å². The number of hydrogen-bond acceptors (Lipinski definition) is 3. The van der Waals surface area contributed by atoms with E-state index in [0.717, 1.165) is 24.9 Å². The number of carboxylic acids is 1. The van der Waals surface area contributed by atoms with Crippen molar-refractivity contribution in [2.24, 2.45) is 0 Å². The van der Waals surface area contributed by atoms with Crippen molar-refractivity contribution < 1.29 is 14.6 Å². The lowest BCUT2D eigenvalue weighted by Gasteiger charge is -2.21. The zero-order valence-corrected chi connectivity index (χ0v) is 9.43. The first kappa shape index (κ1) is 10.6. The maximum atomic E-state index is 10.9. The smallest absolute Gasteiger partial charge is 0.335 e. The van der Waals surface area contributed by atoms with E-state index in [2.05, 4.69) is 5.32 Å². The first-order valence-electron chi connectivity index (χ1n) is 5.98. The van der Waals surface area contributed by atoms with Gasteiger partial charge in [0.2, 0.25) is 0 Å². The molecule has 4 heteroatoms. The maximum absolute atomic E-state index is 10.9. The predicted octanol–water partition coefficient (Wildman–Crippen LogP) is 2.12. The number of carbonyl (C=O) groups is 1. The molecule has 0 saturated carbocycles. The van der Waals surface area contributed by atoms with Crippen molar-refractivity contribution in [1.82, 2.24) is 0 Å². The second-order valence-electron chi connectivity index (χ2n) is 4.75. The highest BCUT2D eigenvalue weighted by Crippen LogP contribution is 2.35. The fraction of sp³-hybridized carbons (Fsp3) is 0.462. The van der Waals surface area contributed by atoms with Crippen LogP contribution in [0.1, 0.15) is 29.6 Å². The number of rotatable bonds is 3. The van der Waals surface area contributed by atoms with E-state index in [0.29, 0.717) is 23.8 Å². The molecule has 2 fully saturated rings. The molecular formula is C13H15NO3. The highest BCUT2D eigenvalue weighted by Gasteiger charge is 2.40. The minimum absolute atomic E-state index is 0.300. The molecule has 2 aliphatic heterocycles. The highest BCUT2D eigenvalue weighted by molar-refractivity contribution is 5.88. The first-order valence-corrected chi connectivity index (χ1v) is 5.98. The Morgan fingerprint density at radius 2 is 2.29 bits per heavy atom. The summed E-state index contributed by atoms with van der Waals surface area (Å²) in [6.07, 6.45) is 4.01. The third-order valence-electron chi connectivity index (χ3n) is 3.57. The van der Waals surface area contributed by atoms with Gasteiger partial charge in [0, 0.05) is 5.69 Å². The minimum atomic E-state index is -0.891. The number of nitrogens with one attached hydrogen (secondary N) is 1. The molecule has 2 heterocycles. The summed E-state index contributed by atoms with van der Waals surface area (Å²) in [7, 11) is 0. The molecule has 0 unspecified atom stereocenters. The number of anilines is 1. The van der Waals surface area contributed by atoms with Gasteiger partial charge in [-0.15, -0.1) is 0 Å². The standard InChI is InChI=1S/C13H15NO3/c15-13(16)8-2-1-3-9(6-8)14-11-7-10-4-5-12(11)17-10/h1-3,6,10-12,14H,4-5,7H2,(H,15,16)/t10-,11+,12+/m0/s1.